The Balaban J connectivity index is 2.41. The molecule has 1 unspecified atom stereocenters. The molecule has 84 valence electrons. The second kappa shape index (κ2) is 3.76. The van der Waals surface area contributed by atoms with Gasteiger partial charge in [0, 0.05) is 6.07 Å². The normalized spacial score (nSPS) is 19.1. The Hall–Kier alpha value is -2.18. The standard InChI is InChI=1S/C9H7FN2O4/c10-5-1-2-8(12(14)15)6(3-5)7-4-16-9(13)11-7/h1-3,7H,4H2,(H,11,13). The van der Waals surface area contributed by atoms with Crippen LogP contribution >= 0.6 is 0 Å². The van der Waals surface area contributed by atoms with E-state index in [0.29, 0.717) is 0 Å². The van der Waals surface area contributed by atoms with E-state index < -0.39 is 22.9 Å². The number of ether oxygens (including phenoxy) is 1. The smallest absolute Gasteiger partial charge is 0.407 e. The summed E-state index contributed by atoms with van der Waals surface area (Å²) in [7, 11) is 0. The minimum atomic E-state index is -0.677. The van der Waals surface area contributed by atoms with Crippen molar-refractivity contribution in [2.45, 2.75) is 6.04 Å². The van der Waals surface area contributed by atoms with Crippen LogP contribution in [0.3, 0.4) is 0 Å². The molecule has 2 rings (SSSR count). The van der Waals surface area contributed by atoms with Crippen LogP contribution in [-0.2, 0) is 4.74 Å². The number of hydrogen-bond acceptors (Lipinski definition) is 4. The third-order valence-electron chi connectivity index (χ3n) is 2.23. The van der Waals surface area contributed by atoms with Crippen molar-refractivity contribution in [3.8, 4) is 0 Å². The first-order valence-corrected chi connectivity index (χ1v) is 4.45. The van der Waals surface area contributed by atoms with Crippen LogP contribution in [-0.4, -0.2) is 17.6 Å². The van der Waals surface area contributed by atoms with Crippen molar-refractivity contribution < 1.29 is 18.8 Å². The molecule has 0 bridgehead atoms. The Kier molecular flexibility index (Phi) is 2.43. The van der Waals surface area contributed by atoms with Crippen molar-refractivity contribution >= 4 is 11.8 Å². The third kappa shape index (κ3) is 1.79. The van der Waals surface area contributed by atoms with Crippen LogP contribution < -0.4 is 5.32 Å². The van der Waals surface area contributed by atoms with Crippen LogP contribution in [0, 0.1) is 15.9 Å². The lowest BCUT2D eigenvalue weighted by Crippen LogP contribution is -2.19. The van der Waals surface area contributed by atoms with Gasteiger partial charge in [-0.05, 0) is 12.1 Å². The molecular formula is C9H7FN2O4. The molecule has 0 aliphatic carbocycles. The molecule has 1 heterocycles. The molecule has 1 aromatic carbocycles. The van der Waals surface area contributed by atoms with Crippen molar-refractivity contribution in [3.63, 3.8) is 0 Å². The molecule has 1 amide bonds. The summed E-state index contributed by atoms with van der Waals surface area (Å²) >= 11 is 0. The number of nitrogens with zero attached hydrogens (tertiary/aromatic N) is 1. The first-order valence-electron chi connectivity index (χ1n) is 4.45. The molecule has 6 nitrogen and oxygen atoms in total. The fraction of sp³-hybridized carbons (Fsp3) is 0.222. The zero-order valence-corrected chi connectivity index (χ0v) is 7.97. The largest absolute Gasteiger partial charge is 0.447 e. The van der Waals surface area contributed by atoms with E-state index in [0.717, 1.165) is 18.2 Å². The highest BCUT2D eigenvalue weighted by Gasteiger charge is 2.30. The molecule has 1 N–H and O–H groups in total. The van der Waals surface area contributed by atoms with E-state index in [2.05, 4.69) is 10.1 Å². The number of rotatable bonds is 2. The van der Waals surface area contributed by atoms with Gasteiger partial charge in [-0.3, -0.25) is 10.1 Å². The number of benzene rings is 1. The van der Waals surface area contributed by atoms with Crippen LogP contribution in [0.15, 0.2) is 18.2 Å². The van der Waals surface area contributed by atoms with E-state index in [1.807, 2.05) is 0 Å². The van der Waals surface area contributed by atoms with Crippen LogP contribution in [0.2, 0.25) is 0 Å². The minimum absolute atomic E-state index is 0.0386. The Bertz CT molecular complexity index is 463. The van der Waals surface area contributed by atoms with Crippen molar-refractivity contribution in [3.05, 3.63) is 39.7 Å². The number of nitro benzene ring substituents is 1. The molecule has 7 heteroatoms. The van der Waals surface area contributed by atoms with Crippen LogP contribution in [0.4, 0.5) is 14.9 Å². The molecule has 0 aromatic heterocycles. The van der Waals surface area contributed by atoms with Crippen molar-refractivity contribution in [2.75, 3.05) is 6.61 Å². The number of carbonyl (C=O) groups is 1. The average molecular weight is 226 g/mol. The lowest BCUT2D eigenvalue weighted by atomic mass is 10.1. The predicted molar refractivity (Wildman–Crippen MR) is 50.3 cm³/mol. The molecule has 1 aromatic rings. The summed E-state index contributed by atoms with van der Waals surface area (Å²) in [5.41, 5.74) is -0.131. The molecule has 1 saturated heterocycles. The fourth-order valence-corrected chi connectivity index (χ4v) is 1.52. The van der Waals surface area contributed by atoms with Gasteiger partial charge < -0.3 is 10.1 Å². The van der Waals surface area contributed by atoms with E-state index >= 15 is 0 Å². The summed E-state index contributed by atoms with van der Waals surface area (Å²) in [5, 5.41) is 13.1. The Labute approximate surface area is 89.2 Å². The van der Waals surface area contributed by atoms with Crippen molar-refractivity contribution in [1.82, 2.24) is 5.32 Å². The summed E-state index contributed by atoms with van der Waals surface area (Å²) < 4.78 is 17.6. The number of halogens is 1. The van der Waals surface area contributed by atoms with Gasteiger partial charge in [-0.2, -0.15) is 0 Å². The highest BCUT2D eigenvalue weighted by Crippen LogP contribution is 2.28. The second-order valence-electron chi connectivity index (χ2n) is 3.26. The van der Waals surface area contributed by atoms with Crippen LogP contribution in [0.1, 0.15) is 11.6 Å². The quantitative estimate of drug-likeness (QED) is 0.612. The maximum absolute atomic E-state index is 13.0. The lowest BCUT2D eigenvalue weighted by molar-refractivity contribution is -0.385. The maximum Gasteiger partial charge on any atom is 0.407 e. The zero-order valence-electron chi connectivity index (χ0n) is 7.97. The van der Waals surface area contributed by atoms with Gasteiger partial charge in [0.2, 0.25) is 0 Å². The Morgan fingerprint density at radius 1 is 1.56 bits per heavy atom. The molecule has 1 aliphatic rings. The van der Waals surface area contributed by atoms with E-state index in [1.54, 1.807) is 0 Å². The van der Waals surface area contributed by atoms with Gasteiger partial charge in [0.05, 0.1) is 16.5 Å². The molecule has 0 saturated carbocycles. The van der Waals surface area contributed by atoms with Gasteiger partial charge in [0.25, 0.3) is 5.69 Å². The number of cyclic esters (lactones) is 1. The number of nitro groups is 1. The summed E-state index contributed by atoms with van der Waals surface area (Å²) in [6.07, 6.45) is -0.663. The Morgan fingerprint density at radius 3 is 2.88 bits per heavy atom. The average Bonchev–Trinajstić information content (AvgIpc) is 2.64. The number of amides is 1. The number of alkyl carbamates (subject to hydrolysis) is 1. The van der Waals surface area contributed by atoms with Gasteiger partial charge in [-0.1, -0.05) is 0 Å². The van der Waals surface area contributed by atoms with E-state index in [9.17, 15) is 19.3 Å². The summed E-state index contributed by atoms with van der Waals surface area (Å²) in [6, 6.07) is 2.41. The zero-order chi connectivity index (χ0) is 11.7. The topological polar surface area (TPSA) is 81.5 Å². The van der Waals surface area contributed by atoms with E-state index in [1.165, 1.54) is 0 Å². The minimum Gasteiger partial charge on any atom is -0.447 e. The second-order valence-corrected chi connectivity index (χ2v) is 3.26. The predicted octanol–water partition coefficient (Wildman–Crippen LogP) is 1.51. The van der Waals surface area contributed by atoms with Crippen LogP contribution in [0.25, 0.3) is 0 Å². The molecule has 16 heavy (non-hydrogen) atoms. The maximum atomic E-state index is 13.0. The number of nitrogens with one attached hydrogen (secondary N) is 1. The van der Waals surface area contributed by atoms with Crippen molar-refractivity contribution in [1.29, 1.82) is 0 Å². The van der Waals surface area contributed by atoms with E-state index in [-0.39, 0.29) is 17.9 Å². The van der Waals surface area contributed by atoms with Gasteiger partial charge in [-0.15, -0.1) is 0 Å². The fourth-order valence-electron chi connectivity index (χ4n) is 1.52. The molecular weight excluding hydrogens is 219 g/mol. The molecule has 1 aliphatic heterocycles. The summed E-state index contributed by atoms with van der Waals surface area (Å²) in [5.74, 6) is -0.596. The number of carbonyl (C=O) groups excluding carboxylic acids is 1. The third-order valence-corrected chi connectivity index (χ3v) is 2.23. The number of hydrogen-bond donors (Lipinski definition) is 1. The van der Waals surface area contributed by atoms with E-state index in [4.69, 9.17) is 0 Å². The molecule has 0 radical (unpaired) electrons. The van der Waals surface area contributed by atoms with Gasteiger partial charge >= 0.3 is 6.09 Å². The lowest BCUT2D eigenvalue weighted by Gasteiger charge is -2.07. The van der Waals surface area contributed by atoms with Gasteiger partial charge in [0.1, 0.15) is 12.4 Å². The van der Waals surface area contributed by atoms with Gasteiger partial charge in [0.15, 0.2) is 0 Å². The first-order chi connectivity index (χ1) is 7.58. The Morgan fingerprint density at radius 2 is 2.31 bits per heavy atom. The first kappa shape index (κ1) is 10.3. The molecule has 1 fully saturated rings. The molecule has 0 spiro atoms. The summed E-state index contributed by atoms with van der Waals surface area (Å²) in [6.45, 7) is -0.0386. The molecule has 1 atom stereocenters. The highest BCUT2D eigenvalue weighted by atomic mass is 19.1. The van der Waals surface area contributed by atoms with Crippen LogP contribution in [0.5, 0.6) is 0 Å². The monoisotopic (exact) mass is 226 g/mol. The van der Waals surface area contributed by atoms with Crippen molar-refractivity contribution in [2.24, 2.45) is 0 Å². The highest BCUT2D eigenvalue weighted by molar-refractivity contribution is 5.70. The van der Waals surface area contributed by atoms with Gasteiger partial charge in [-0.25, -0.2) is 9.18 Å². The SMILES string of the molecule is O=C1NC(c2cc(F)ccc2[N+](=O)[O-])CO1. The summed E-state index contributed by atoms with van der Waals surface area (Å²) in [4.78, 5) is 20.9.